The number of benzene rings is 2. The second kappa shape index (κ2) is 8.18. The Morgan fingerprint density at radius 3 is 2.56 bits per heavy atom. The van der Waals surface area contributed by atoms with Crippen LogP contribution in [-0.4, -0.2) is 24.2 Å². The molecule has 0 aliphatic rings. The summed E-state index contributed by atoms with van der Waals surface area (Å²) in [5, 5.41) is 4.21. The van der Waals surface area contributed by atoms with Gasteiger partial charge in [-0.25, -0.2) is 4.79 Å². The van der Waals surface area contributed by atoms with E-state index in [4.69, 9.17) is 4.74 Å². The highest BCUT2D eigenvalue weighted by molar-refractivity contribution is 8.00. The number of amides is 1. The average Bonchev–Trinajstić information content (AvgIpc) is 2.99. The number of ether oxygens (including phenoxy) is 1. The number of rotatable bonds is 6. The fourth-order valence-corrected chi connectivity index (χ4v) is 4.19. The Bertz CT molecular complexity index is 890. The third-order valence-corrected chi connectivity index (χ3v) is 5.54. The second-order valence-electron chi connectivity index (χ2n) is 5.17. The van der Waals surface area contributed by atoms with Gasteiger partial charge in [0.2, 0.25) is 5.91 Å². The van der Waals surface area contributed by atoms with Gasteiger partial charge in [-0.2, -0.15) is 0 Å². The lowest BCUT2D eigenvalue weighted by molar-refractivity contribution is -0.113. The van der Waals surface area contributed by atoms with E-state index in [1.807, 2.05) is 54.6 Å². The normalized spacial score (nSPS) is 10.6. The highest BCUT2D eigenvalue weighted by Crippen LogP contribution is 2.36. The van der Waals surface area contributed by atoms with Gasteiger partial charge in [-0.15, -0.1) is 23.1 Å². The second-order valence-corrected chi connectivity index (χ2v) is 7.27. The van der Waals surface area contributed by atoms with Crippen LogP contribution in [0.1, 0.15) is 17.3 Å². The van der Waals surface area contributed by atoms with Crippen molar-refractivity contribution in [2.24, 2.45) is 0 Å². The minimum absolute atomic E-state index is 0.147. The number of esters is 1. The van der Waals surface area contributed by atoms with Gasteiger partial charge in [0.1, 0.15) is 10.6 Å². The molecule has 0 bridgehead atoms. The first-order chi connectivity index (χ1) is 12.2. The zero-order valence-corrected chi connectivity index (χ0v) is 15.3. The van der Waals surface area contributed by atoms with Crippen LogP contribution in [0.25, 0.3) is 10.1 Å². The van der Waals surface area contributed by atoms with Gasteiger partial charge in [-0.05, 0) is 25.1 Å². The van der Waals surface area contributed by atoms with Crippen molar-refractivity contribution >= 4 is 50.1 Å². The van der Waals surface area contributed by atoms with Crippen LogP contribution in [0.5, 0.6) is 0 Å². The Balaban J connectivity index is 1.79. The van der Waals surface area contributed by atoms with Crippen molar-refractivity contribution in [3.63, 3.8) is 0 Å². The number of carbonyl (C=O) groups is 2. The molecule has 1 heterocycles. The first kappa shape index (κ1) is 17.5. The van der Waals surface area contributed by atoms with Crippen LogP contribution in [-0.2, 0) is 9.53 Å². The quantitative estimate of drug-likeness (QED) is 0.499. The predicted molar refractivity (Wildman–Crippen MR) is 104 cm³/mol. The molecule has 0 aliphatic heterocycles. The summed E-state index contributed by atoms with van der Waals surface area (Å²) in [4.78, 5) is 25.7. The Kier molecular flexibility index (Phi) is 5.73. The van der Waals surface area contributed by atoms with Crippen molar-refractivity contribution in [1.82, 2.24) is 0 Å². The number of nitrogens with one attached hydrogen (secondary N) is 1. The van der Waals surface area contributed by atoms with Gasteiger partial charge in [0.25, 0.3) is 0 Å². The standard InChI is InChI=1S/C19H17NO3S2/c1-2-23-19(22)17-14-10-6-7-11-15(14)25-18(17)20-16(21)12-24-13-8-4-3-5-9-13/h3-11H,2,12H2,1H3,(H,20,21). The number of thiophene rings is 1. The first-order valence-corrected chi connectivity index (χ1v) is 9.65. The highest BCUT2D eigenvalue weighted by atomic mass is 32.2. The van der Waals surface area contributed by atoms with E-state index in [9.17, 15) is 9.59 Å². The van der Waals surface area contributed by atoms with Crippen LogP contribution in [0, 0.1) is 0 Å². The van der Waals surface area contributed by atoms with Gasteiger partial charge in [-0.3, -0.25) is 4.79 Å². The van der Waals surface area contributed by atoms with E-state index in [-0.39, 0.29) is 11.7 Å². The molecular formula is C19H17NO3S2. The van der Waals surface area contributed by atoms with Crippen molar-refractivity contribution in [2.75, 3.05) is 17.7 Å². The summed E-state index contributed by atoms with van der Waals surface area (Å²) in [5.74, 6) is -0.280. The third-order valence-electron chi connectivity index (χ3n) is 3.44. The zero-order chi connectivity index (χ0) is 17.6. The summed E-state index contributed by atoms with van der Waals surface area (Å²) in [6, 6.07) is 17.3. The molecule has 0 spiro atoms. The Hall–Kier alpha value is -2.31. The number of hydrogen-bond donors (Lipinski definition) is 1. The number of anilines is 1. The van der Waals surface area contributed by atoms with Crippen LogP contribution >= 0.6 is 23.1 Å². The van der Waals surface area contributed by atoms with Crippen molar-refractivity contribution < 1.29 is 14.3 Å². The molecule has 1 N–H and O–H groups in total. The van der Waals surface area contributed by atoms with Gasteiger partial charge >= 0.3 is 5.97 Å². The maximum atomic E-state index is 12.3. The number of fused-ring (bicyclic) bond motifs is 1. The Morgan fingerprint density at radius 2 is 1.80 bits per heavy atom. The summed E-state index contributed by atoms with van der Waals surface area (Å²) in [5.41, 5.74) is 0.431. The zero-order valence-electron chi connectivity index (χ0n) is 13.7. The largest absolute Gasteiger partial charge is 0.462 e. The maximum absolute atomic E-state index is 12.3. The van der Waals surface area contributed by atoms with E-state index < -0.39 is 5.97 Å². The molecule has 0 radical (unpaired) electrons. The van der Waals surface area contributed by atoms with Gasteiger partial charge in [0, 0.05) is 15.0 Å². The molecule has 4 nitrogen and oxygen atoms in total. The molecule has 128 valence electrons. The van der Waals surface area contributed by atoms with E-state index in [0.29, 0.717) is 17.2 Å². The molecule has 25 heavy (non-hydrogen) atoms. The number of carbonyl (C=O) groups excluding carboxylic acids is 2. The first-order valence-electron chi connectivity index (χ1n) is 7.85. The summed E-state index contributed by atoms with van der Waals surface area (Å²) in [7, 11) is 0. The summed E-state index contributed by atoms with van der Waals surface area (Å²) >= 11 is 2.84. The van der Waals surface area contributed by atoms with Crippen molar-refractivity contribution in [1.29, 1.82) is 0 Å². The fraction of sp³-hybridized carbons (Fsp3) is 0.158. The molecule has 0 aliphatic carbocycles. The van der Waals surface area contributed by atoms with Crippen molar-refractivity contribution in [3.05, 3.63) is 60.2 Å². The van der Waals surface area contributed by atoms with E-state index in [2.05, 4.69) is 5.32 Å². The number of thioether (sulfide) groups is 1. The lowest BCUT2D eigenvalue weighted by Crippen LogP contribution is -2.16. The fourth-order valence-electron chi connectivity index (χ4n) is 2.37. The van der Waals surface area contributed by atoms with Crippen molar-refractivity contribution in [2.45, 2.75) is 11.8 Å². The SMILES string of the molecule is CCOC(=O)c1c(NC(=O)CSc2ccccc2)sc2ccccc12. The van der Waals surface area contributed by atoms with Gasteiger partial charge in [0.05, 0.1) is 12.4 Å². The lowest BCUT2D eigenvalue weighted by atomic mass is 10.1. The molecule has 6 heteroatoms. The predicted octanol–water partition coefficient (Wildman–Crippen LogP) is 4.81. The highest BCUT2D eigenvalue weighted by Gasteiger charge is 2.21. The molecule has 1 amide bonds. The van der Waals surface area contributed by atoms with Crippen LogP contribution < -0.4 is 5.32 Å². The van der Waals surface area contributed by atoms with E-state index in [1.54, 1.807) is 6.92 Å². The third kappa shape index (κ3) is 4.21. The average molecular weight is 371 g/mol. The molecule has 0 atom stereocenters. The van der Waals surface area contributed by atoms with Gasteiger partial charge in [-0.1, -0.05) is 36.4 Å². The molecule has 0 unspecified atom stereocenters. The van der Waals surface area contributed by atoms with Gasteiger partial charge < -0.3 is 10.1 Å². The number of hydrogen-bond acceptors (Lipinski definition) is 5. The minimum Gasteiger partial charge on any atom is -0.462 e. The van der Waals surface area contributed by atoms with E-state index in [1.165, 1.54) is 23.1 Å². The molecule has 1 aromatic heterocycles. The van der Waals surface area contributed by atoms with Crippen LogP contribution in [0.2, 0.25) is 0 Å². The van der Waals surface area contributed by atoms with Gasteiger partial charge in [0.15, 0.2) is 0 Å². The van der Waals surface area contributed by atoms with Crippen LogP contribution in [0.3, 0.4) is 0 Å². The topological polar surface area (TPSA) is 55.4 Å². The Labute approximate surface area is 154 Å². The molecular weight excluding hydrogens is 354 g/mol. The molecule has 3 rings (SSSR count). The summed E-state index contributed by atoms with van der Waals surface area (Å²) in [6.07, 6.45) is 0. The van der Waals surface area contributed by atoms with Crippen LogP contribution in [0.4, 0.5) is 5.00 Å². The van der Waals surface area contributed by atoms with Crippen molar-refractivity contribution in [3.8, 4) is 0 Å². The monoisotopic (exact) mass is 371 g/mol. The smallest absolute Gasteiger partial charge is 0.341 e. The van der Waals surface area contributed by atoms with E-state index >= 15 is 0 Å². The van der Waals surface area contributed by atoms with Crippen LogP contribution in [0.15, 0.2) is 59.5 Å². The summed E-state index contributed by atoms with van der Waals surface area (Å²) in [6.45, 7) is 2.06. The molecule has 3 aromatic rings. The molecule has 0 saturated carbocycles. The summed E-state index contributed by atoms with van der Waals surface area (Å²) < 4.78 is 6.10. The minimum atomic E-state index is -0.411. The lowest BCUT2D eigenvalue weighted by Gasteiger charge is -2.06. The molecule has 0 fully saturated rings. The molecule has 0 saturated heterocycles. The maximum Gasteiger partial charge on any atom is 0.341 e. The molecule has 2 aromatic carbocycles. The Morgan fingerprint density at radius 1 is 1.08 bits per heavy atom. The van der Waals surface area contributed by atoms with E-state index in [0.717, 1.165) is 15.0 Å².